The second-order valence-electron chi connectivity index (χ2n) is 8.34. The third-order valence-corrected chi connectivity index (χ3v) is 4.75. The first-order chi connectivity index (χ1) is 14.0. The molecule has 2 N–H and O–H groups in total. The van der Waals surface area contributed by atoms with Gasteiger partial charge in [0.05, 0.1) is 0 Å². The van der Waals surface area contributed by atoms with Crippen LogP contribution in [0.2, 0.25) is 0 Å². The molecule has 7 nitrogen and oxygen atoms in total. The van der Waals surface area contributed by atoms with Crippen LogP contribution in [0.5, 0.6) is 0 Å². The summed E-state index contributed by atoms with van der Waals surface area (Å²) in [7, 11) is 1.55. The van der Waals surface area contributed by atoms with Crippen molar-refractivity contribution in [3.63, 3.8) is 0 Å². The van der Waals surface area contributed by atoms with Crippen molar-refractivity contribution in [3.8, 4) is 0 Å². The topological polar surface area (TPSA) is 87.7 Å². The molecule has 0 saturated heterocycles. The van der Waals surface area contributed by atoms with Gasteiger partial charge in [-0.15, -0.1) is 0 Å². The molecule has 1 aromatic rings. The number of carbonyl (C=O) groups is 3. The predicted molar refractivity (Wildman–Crippen MR) is 121 cm³/mol. The van der Waals surface area contributed by atoms with Gasteiger partial charge in [-0.2, -0.15) is 12.6 Å². The maximum Gasteiger partial charge on any atom is 0.408 e. The summed E-state index contributed by atoms with van der Waals surface area (Å²) in [5, 5.41) is 5.53. The Balaban J connectivity index is 3.06. The summed E-state index contributed by atoms with van der Waals surface area (Å²) in [5.74, 6) is -0.631. The average molecular weight is 438 g/mol. The number of hydrogen-bond acceptors (Lipinski definition) is 5. The van der Waals surface area contributed by atoms with Gasteiger partial charge in [-0.3, -0.25) is 9.59 Å². The van der Waals surface area contributed by atoms with E-state index < -0.39 is 29.7 Å². The predicted octanol–water partition coefficient (Wildman–Crippen LogP) is 3.31. The lowest BCUT2D eigenvalue weighted by Crippen LogP contribution is -2.53. The number of likely N-dealkylation sites (N-methyl/N-ethyl adjacent to an activating group) is 1. The molecule has 3 unspecified atom stereocenters. The molecule has 1 rings (SSSR count). The van der Waals surface area contributed by atoms with Crippen LogP contribution < -0.4 is 10.6 Å². The van der Waals surface area contributed by atoms with Crippen molar-refractivity contribution in [3.05, 3.63) is 35.9 Å². The highest BCUT2D eigenvalue weighted by atomic mass is 32.1. The molecule has 0 aliphatic rings. The molecule has 3 amide bonds. The van der Waals surface area contributed by atoms with Gasteiger partial charge in [0.1, 0.15) is 17.7 Å². The molecule has 0 heterocycles. The van der Waals surface area contributed by atoms with Gasteiger partial charge in [-0.25, -0.2) is 4.79 Å². The Morgan fingerprint density at radius 3 is 2.23 bits per heavy atom. The Bertz CT molecular complexity index is 706. The molecular weight excluding hydrogens is 402 g/mol. The van der Waals surface area contributed by atoms with Crippen molar-refractivity contribution < 1.29 is 19.1 Å². The summed E-state index contributed by atoms with van der Waals surface area (Å²) in [4.78, 5) is 39.7. The maximum absolute atomic E-state index is 13.1. The Kier molecular flexibility index (Phi) is 10.2. The highest BCUT2D eigenvalue weighted by molar-refractivity contribution is 7.80. The summed E-state index contributed by atoms with van der Waals surface area (Å²) in [6, 6.07) is 7.31. The molecule has 1 aromatic carbocycles. The molecule has 0 saturated carbocycles. The Hall–Kier alpha value is -2.22. The minimum atomic E-state index is -0.930. The van der Waals surface area contributed by atoms with Crippen LogP contribution in [0.25, 0.3) is 0 Å². The Morgan fingerprint density at radius 1 is 1.13 bits per heavy atom. The van der Waals surface area contributed by atoms with Crippen LogP contribution in [0.3, 0.4) is 0 Å². The number of benzene rings is 1. The third-order valence-electron chi connectivity index (χ3n) is 4.38. The monoisotopic (exact) mass is 437 g/mol. The summed E-state index contributed by atoms with van der Waals surface area (Å²) in [6.45, 7) is 9.20. The van der Waals surface area contributed by atoms with Gasteiger partial charge in [0.25, 0.3) is 0 Å². The molecule has 0 spiro atoms. The van der Waals surface area contributed by atoms with E-state index in [2.05, 4.69) is 23.3 Å². The normalized spacial score (nSPS) is 14.2. The number of amides is 3. The van der Waals surface area contributed by atoms with Crippen molar-refractivity contribution >= 4 is 30.5 Å². The molecule has 8 heteroatoms. The fourth-order valence-electron chi connectivity index (χ4n) is 3.02. The van der Waals surface area contributed by atoms with E-state index in [1.165, 1.54) is 4.90 Å². The van der Waals surface area contributed by atoms with E-state index in [1.54, 1.807) is 40.0 Å². The fraction of sp³-hybridized carbons (Fsp3) is 0.591. The zero-order valence-corrected chi connectivity index (χ0v) is 19.7. The third kappa shape index (κ3) is 8.26. The number of nitrogens with zero attached hydrogens (tertiary/aromatic N) is 1. The summed E-state index contributed by atoms with van der Waals surface area (Å²) < 4.78 is 5.24. The molecule has 0 radical (unpaired) electrons. The molecule has 30 heavy (non-hydrogen) atoms. The molecule has 0 aromatic heterocycles. The molecule has 3 atom stereocenters. The molecule has 0 aliphatic carbocycles. The standard InChI is InChI=1S/C22H35N3O4S/c1-7-11-15(2)23-19(26)18(16-12-9-8-10-13-16)25(6)20(27)17(14-30)24-21(28)29-22(3,4)5/h8-10,12-13,15,17-18,30H,7,11,14H2,1-6H3,(H,23,26)(H,24,28). The number of hydrogen-bond donors (Lipinski definition) is 3. The van der Waals surface area contributed by atoms with E-state index in [-0.39, 0.29) is 17.7 Å². The molecule has 0 fully saturated rings. The summed E-state index contributed by atoms with van der Waals surface area (Å²) in [6.07, 6.45) is 1.07. The smallest absolute Gasteiger partial charge is 0.408 e. The van der Waals surface area contributed by atoms with Gasteiger partial charge in [-0.1, -0.05) is 43.7 Å². The largest absolute Gasteiger partial charge is 0.444 e. The van der Waals surface area contributed by atoms with Crippen LogP contribution in [0.15, 0.2) is 30.3 Å². The molecular formula is C22H35N3O4S. The van der Waals surface area contributed by atoms with Crippen molar-refractivity contribution in [2.45, 2.75) is 71.2 Å². The first kappa shape index (κ1) is 25.8. The van der Waals surface area contributed by atoms with Crippen molar-refractivity contribution in [1.82, 2.24) is 15.5 Å². The van der Waals surface area contributed by atoms with Crippen LogP contribution in [0.4, 0.5) is 4.79 Å². The zero-order chi connectivity index (χ0) is 22.9. The number of rotatable bonds is 9. The van der Waals surface area contributed by atoms with Crippen molar-refractivity contribution in [1.29, 1.82) is 0 Å². The molecule has 0 aliphatic heterocycles. The van der Waals surface area contributed by atoms with Crippen LogP contribution in [-0.4, -0.2) is 53.3 Å². The molecule has 168 valence electrons. The van der Waals surface area contributed by atoms with Gasteiger partial charge in [0, 0.05) is 18.8 Å². The zero-order valence-electron chi connectivity index (χ0n) is 18.8. The SMILES string of the molecule is CCCC(C)NC(=O)C(c1ccccc1)N(C)C(=O)C(CS)NC(=O)OC(C)(C)C. The van der Waals surface area contributed by atoms with Gasteiger partial charge < -0.3 is 20.3 Å². The van der Waals surface area contributed by atoms with Gasteiger partial charge >= 0.3 is 6.09 Å². The van der Waals surface area contributed by atoms with E-state index in [0.717, 1.165) is 12.8 Å². The van der Waals surface area contributed by atoms with E-state index in [4.69, 9.17) is 4.74 Å². The fourth-order valence-corrected chi connectivity index (χ4v) is 3.27. The lowest BCUT2D eigenvalue weighted by atomic mass is 10.0. The van der Waals surface area contributed by atoms with E-state index in [1.807, 2.05) is 32.0 Å². The van der Waals surface area contributed by atoms with Gasteiger partial charge in [-0.05, 0) is 39.7 Å². The Morgan fingerprint density at radius 2 is 1.73 bits per heavy atom. The maximum atomic E-state index is 13.1. The van der Waals surface area contributed by atoms with Crippen LogP contribution in [-0.2, 0) is 14.3 Å². The number of ether oxygens (including phenoxy) is 1. The summed E-state index contributed by atoms with van der Waals surface area (Å²) >= 11 is 4.21. The van der Waals surface area contributed by atoms with E-state index in [9.17, 15) is 14.4 Å². The molecule has 0 bridgehead atoms. The lowest BCUT2D eigenvalue weighted by molar-refractivity contribution is -0.140. The minimum absolute atomic E-state index is 0.0159. The van der Waals surface area contributed by atoms with Crippen LogP contribution in [0.1, 0.15) is 59.1 Å². The van der Waals surface area contributed by atoms with Crippen LogP contribution >= 0.6 is 12.6 Å². The number of nitrogens with one attached hydrogen (secondary N) is 2. The van der Waals surface area contributed by atoms with Gasteiger partial charge in [0.2, 0.25) is 11.8 Å². The van der Waals surface area contributed by atoms with Gasteiger partial charge in [0.15, 0.2) is 0 Å². The first-order valence-electron chi connectivity index (χ1n) is 10.2. The van der Waals surface area contributed by atoms with Crippen molar-refractivity contribution in [2.24, 2.45) is 0 Å². The first-order valence-corrected chi connectivity index (χ1v) is 10.9. The van der Waals surface area contributed by atoms with Crippen LogP contribution in [0, 0.1) is 0 Å². The highest BCUT2D eigenvalue weighted by Crippen LogP contribution is 2.21. The van der Waals surface area contributed by atoms with Crippen molar-refractivity contribution in [2.75, 3.05) is 12.8 Å². The minimum Gasteiger partial charge on any atom is -0.444 e. The number of thiol groups is 1. The number of alkyl carbamates (subject to hydrolysis) is 1. The lowest BCUT2D eigenvalue weighted by Gasteiger charge is -2.32. The summed E-state index contributed by atoms with van der Waals surface area (Å²) in [5.41, 5.74) is -0.00747. The second kappa shape index (κ2) is 11.8. The van der Waals surface area contributed by atoms with E-state index in [0.29, 0.717) is 5.56 Å². The number of carbonyl (C=O) groups excluding carboxylic acids is 3. The average Bonchev–Trinajstić information content (AvgIpc) is 2.65. The highest BCUT2D eigenvalue weighted by Gasteiger charge is 2.33. The quantitative estimate of drug-likeness (QED) is 0.517. The van der Waals surface area contributed by atoms with E-state index >= 15 is 0 Å². The second-order valence-corrected chi connectivity index (χ2v) is 8.71. The Labute approximate surface area is 185 Å².